The van der Waals surface area contributed by atoms with Crippen molar-refractivity contribution in [3.8, 4) is 5.69 Å². The van der Waals surface area contributed by atoms with Crippen molar-refractivity contribution in [3.63, 3.8) is 0 Å². The number of amides is 1. The average Bonchev–Trinajstić information content (AvgIpc) is 3.41. The molecule has 8 heteroatoms. The Balaban J connectivity index is 1.44. The molecule has 0 aliphatic rings. The molecule has 3 heterocycles. The lowest BCUT2D eigenvalue weighted by molar-refractivity contribution is 0.0921. The third-order valence-corrected chi connectivity index (χ3v) is 5.90. The number of halogens is 1. The predicted octanol–water partition coefficient (Wildman–Crippen LogP) is 4.53. The minimum Gasteiger partial charge on any atom is -0.454 e. The van der Waals surface area contributed by atoms with Gasteiger partial charge in [0.1, 0.15) is 5.76 Å². The van der Waals surface area contributed by atoms with E-state index in [1.54, 1.807) is 16.8 Å². The molecule has 0 unspecified atom stereocenters. The summed E-state index contributed by atoms with van der Waals surface area (Å²) in [4.78, 5) is 12.6. The number of carbonyl (C=O) groups is 1. The van der Waals surface area contributed by atoms with Crippen molar-refractivity contribution in [2.45, 2.75) is 40.8 Å². The van der Waals surface area contributed by atoms with Crippen molar-refractivity contribution in [1.82, 2.24) is 24.9 Å². The van der Waals surface area contributed by atoms with Gasteiger partial charge in [-0.3, -0.25) is 9.48 Å². The summed E-state index contributed by atoms with van der Waals surface area (Å²) < 4.78 is 9.40. The first-order valence-corrected chi connectivity index (χ1v) is 10.4. The first-order valence-electron chi connectivity index (χ1n) is 10.0. The van der Waals surface area contributed by atoms with Crippen LogP contribution in [0, 0.1) is 27.7 Å². The summed E-state index contributed by atoms with van der Waals surface area (Å²) in [6.45, 7) is 8.48. The number of rotatable bonds is 6. The Bertz CT molecular complexity index is 1240. The number of hydrogen-bond acceptors (Lipinski definition) is 4. The number of para-hydroxylation sites is 1. The van der Waals surface area contributed by atoms with Crippen LogP contribution in [0.3, 0.4) is 0 Å². The van der Waals surface area contributed by atoms with Crippen LogP contribution in [0.15, 0.2) is 46.9 Å². The van der Waals surface area contributed by atoms with Crippen LogP contribution in [0.2, 0.25) is 5.02 Å². The highest BCUT2D eigenvalue weighted by atomic mass is 35.5. The Labute approximate surface area is 185 Å². The maximum atomic E-state index is 12.6. The first kappa shape index (κ1) is 20.9. The Hall–Kier alpha value is -3.32. The van der Waals surface area contributed by atoms with Gasteiger partial charge in [-0.2, -0.15) is 10.2 Å². The highest BCUT2D eigenvalue weighted by molar-refractivity contribution is 6.31. The Kier molecular flexibility index (Phi) is 5.69. The zero-order chi connectivity index (χ0) is 22.1. The third-order valence-electron chi connectivity index (χ3n) is 5.35. The molecule has 0 bridgehead atoms. The van der Waals surface area contributed by atoms with E-state index < -0.39 is 0 Å². The van der Waals surface area contributed by atoms with Crippen LogP contribution in [-0.4, -0.2) is 25.5 Å². The number of nitrogens with zero attached hydrogens (tertiary/aromatic N) is 4. The maximum absolute atomic E-state index is 12.6. The van der Waals surface area contributed by atoms with Gasteiger partial charge in [0.2, 0.25) is 0 Å². The van der Waals surface area contributed by atoms with Crippen molar-refractivity contribution in [2.75, 3.05) is 0 Å². The van der Waals surface area contributed by atoms with Gasteiger partial charge in [0, 0.05) is 17.8 Å². The monoisotopic (exact) mass is 437 g/mol. The fourth-order valence-corrected chi connectivity index (χ4v) is 3.70. The molecule has 0 spiro atoms. The predicted molar refractivity (Wildman–Crippen MR) is 119 cm³/mol. The van der Waals surface area contributed by atoms with E-state index >= 15 is 0 Å². The summed E-state index contributed by atoms with van der Waals surface area (Å²) in [5.74, 6) is 0.619. The molecule has 0 radical (unpaired) electrons. The van der Waals surface area contributed by atoms with E-state index in [1.807, 2.05) is 62.7 Å². The van der Waals surface area contributed by atoms with Gasteiger partial charge >= 0.3 is 0 Å². The molecule has 0 fully saturated rings. The normalized spacial score (nSPS) is 11.1. The van der Waals surface area contributed by atoms with E-state index in [0.29, 0.717) is 23.9 Å². The molecule has 0 saturated heterocycles. The van der Waals surface area contributed by atoms with E-state index in [1.165, 1.54) is 0 Å². The van der Waals surface area contributed by atoms with Crippen LogP contribution in [0.5, 0.6) is 0 Å². The summed E-state index contributed by atoms with van der Waals surface area (Å²) in [7, 11) is 0. The van der Waals surface area contributed by atoms with E-state index in [4.69, 9.17) is 16.0 Å². The summed E-state index contributed by atoms with van der Waals surface area (Å²) in [6.07, 6.45) is 0. The average molecular weight is 438 g/mol. The molecule has 1 aromatic carbocycles. The maximum Gasteiger partial charge on any atom is 0.287 e. The zero-order valence-corrected chi connectivity index (χ0v) is 18.7. The quantitative estimate of drug-likeness (QED) is 0.480. The fourth-order valence-electron chi connectivity index (χ4n) is 3.57. The standard InChI is InChI=1S/C23H24ClN5O2/c1-14-20(16(3)29(27-14)18-8-6-5-7-9-18)12-25-23(30)21-11-10-19(31-21)13-28-17(4)22(24)15(2)26-28/h5-11H,12-13H2,1-4H3,(H,25,30). The number of hydrogen-bond donors (Lipinski definition) is 1. The van der Waals surface area contributed by atoms with Gasteiger partial charge < -0.3 is 9.73 Å². The smallest absolute Gasteiger partial charge is 0.287 e. The lowest BCUT2D eigenvalue weighted by Crippen LogP contribution is -2.23. The SMILES string of the molecule is Cc1nn(Cc2ccc(C(=O)NCc3c(C)nn(-c4ccccc4)c3C)o2)c(C)c1Cl. The highest BCUT2D eigenvalue weighted by Gasteiger charge is 2.17. The van der Waals surface area contributed by atoms with E-state index in [2.05, 4.69) is 15.5 Å². The van der Waals surface area contributed by atoms with Crippen molar-refractivity contribution in [3.05, 3.63) is 87.3 Å². The molecule has 4 aromatic rings. The summed E-state index contributed by atoms with van der Waals surface area (Å²) in [5.41, 5.74) is 5.48. The Morgan fingerprint density at radius 2 is 1.74 bits per heavy atom. The van der Waals surface area contributed by atoms with Crippen LogP contribution in [0.4, 0.5) is 0 Å². The molecular weight excluding hydrogens is 414 g/mol. The van der Waals surface area contributed by atoms with Crippen LogP contribution in [0.25, 0.3) is 5.69 Å². The second kappa shape index (κ2) is 8.43. The van der Waals surface area contributed by atoms with Gasteiger partial charge in [-0.25, -0.2) is 4.68 Å². The molecule has 160 valence electrons. The van der Waals surface area contributed by atoms with Crippen LogP contribution in [0.1, 0.15) is 44.7 Å². The third kappa shape index (κ3) is 4.14. The Morgan fingerprint density at radius 1 is 1.00 bits per heavy atom. The summed E-state index contributed by atoms with van der Waals surface area (Å²) in [5, 5.41) is 12.6. The van der Waals surface area contributed by atoms with Crippen molar-refractivity contribution in [1.29, 1.82) is 0 Å². The molecule has 3 aromatic heterocycles. The van der Waals surface area contributed by atoms with Crippen molar-refractivity contribution < 1.29 is 9.21 Å². The molecule has 31 heavy (non-hydrogen) atoms. The van der Waals surface area contributed by atoms with Gasteiger partial charge in [0.15, 0.2) is 5.76 Å². The van der Waals surface area contributed by atoms with Gasteiger partial charge in [-0.15, -0.1) is 0 Å². The van der Waals surface area contributed by atoms with Crippen LogP contribution in [-0.2, 0) is 13.1 Å². The van der Waals surface area contributed by atoms with Gasteiger partial charge in [-0.05, 0) is 52.0 Å². The first-order chi connectivity index (χ1) is 14.8. The molecule has 1 amide bonds. The van der Waals surface area contributed by atoms with E-state index in [-0.39, 0.29) is 11.7 Å². The van der Waals surface area contributed by atoms with Crippen LogP contribution >= 0.6 is 11.6 Å². The van der Waals surface area contributed by atoms with Gasteiger partial charge in [-0.1, -0.05) is 29.8 Å². The molecule has 7 nitrogen and oxygen atoms in total. The number of benzene rings is 1. The fraction of sp³-hybridized carbons (Fsp3) is 0.261. The number of nitrogens with one attached hydrogen (secondary N) is 1. The molecular formula is C23H24ClN5O2. The summed E-state index contributed by atoms with van der Waals surface area (Å²) >= 11 is 6.20. The van der Waals surface area contributed by atoms with E-state index in [9.17, 15) is 4.79 Å². The summed E-state index contributed by atoms with van der Waals surface area (Å²) in [6, 6.07) is 13.4. The molecule has 0 aliphatic heterocycles. The largest absolute Gasteiger partial charge is 0.454 e. The minimum atomic E-state index is -0.274. The topological polar surface area (TPSA) is 77.9 Å². The minimum absolute atomic E-state index is 0.258. The second-order valence-corrected chi connectivity index (χ2v) is 7.87. The number of aromatic nitrogens is 4. The number of aryl methyl sites for hydroxylation is 2. The van der Waals surface area contributed by atoms with Crippen LogP contribution < -0.4 is 5.32 Å². The Morgan fingerprint density at radius 3 is 2.42 bits per heavy atom. The molecule has 0 aliphatic carbocycles. The van der Waals surface area contributed by atoms with Crippen molar-refractivity contribution >= 4 is 17.5 Å². The number of furan rings is 1. The molecule has 0 atom stereocenters. The van der Waals surface area contributed by atoms with E-state index in [0.717, 1.165) is 34.0 Å². The zero-order valence-electron chi connectivity index (χ0n) is 17.9. The highest BCUT2D eigenvalue weighted by Crippen LogP contribution is 2.21. The second-order valence-electron chi connectivity index (χ2n) is 7.49. The lowest BCUT2D eigenvalue weighted by Gasteiger charge is -2.06. The lowest BCUT2D eigenvalue weighted by atomic mass is 10.2. The van der Waals surface area contributed by atoms with Gasteiger partial charge in [0.25, 0.3) is 5.91 Å². The van der Waals surface area contributed by atoms with Crippen molar-refractivity contribution in [2.24, 2.45) is 0 Å². The molecule has 4 rings (SSSR count). The molecule has 1 N–H and O–H groups in total. The molecule has 0 saturated carbocycles. The number of carbonyl (C=O) groups excluding carboxylic acids is 1. The van der Waals surface area contributed by atoms with Gasteiger partial charge in [0.05, 0.1) is 34.3 Å².